The zero-order valence-corrected chi connectivity index (χ0v) is 7.01. The van der Waals surface area contributed by atoms with Crippen LogP contribution in [0.25, 0.3) is 10.2 Å². The van der Waals surface area contributed by atoms with E-state index in [2.05, 4.69) is 15.7 Å². The van der Waals surface area contributed by atoms with Gasteiger partial charge < -0.3 is 5.73 Å². The molecular weight excluding hydrogens is 158 g/mol. The minimum atomic E-state index is 1.04. The summed E-state index contributed by atoms with van der Waals surface area (Å²) in [6, 6.07) is 1.91. The van der Waals surface area contributed by atoms with Crippen molar-refractivity contribution in [2.24, 2.45) is 5.73 Å². The Morgan fingerprint density at radius 3 is 3.00 bits per heavy atom. The Hall–Kier alpha value is -1.00. The summed E-state index contributed by atoms with van der Waals surface area (Å²) in [6.07, 6.45) is 3.58. The van der Waals surface area contributed by atoms with Crippen LogP contribution in [0.1, 0.15) is 0 Å². The number of rotatable bonds is 0. The van der Waals surface area contributed by atoms with E-state index in [1.165, 1.54) is 7.05 Å². The average molecular weight is 167 g/mol. The number of nitrogens with two attached hydrogens (primary N) is 1. The van der Waals surface area contributed by atoms with E-state index < -0.39 is 0 Å². The Kier molecular flexibility index (Phi) is 2.95. The van der Waals surface area contributed by atoms with E-state index in [-0.39, 0.29) is 0 Å². The summed E-state index contributed by atoms with van der Waals surface area (Å²) < 4.78 is 1.15. The largest absolute Gasteiger partial charge is 0.333 e. The van der Waals surface area contributed by atoms with Crippen LogP contribution in [-0.2, 0) is 0 Å². The second kappa shape index (κ2) is 4.00. The van der Waals surface area contributed by atoms with Gasteiger partial charge in [0.1, 0.15) is 0 Å². The molecule has 0 amide bonds. The fraction of sp³-hybridized carbons (Fsp3) is 0.143. The molecule has 58 valence electrons. The maximum Gasteiger partial charge on any atom is 0.0843 e. The van der Waals surface area contributed by atoms with Crippen molar-refractivity contribution in [1.82, 2.24) is 9.97 Å². The molecule has 2 heterocycles. The van der Waals surface area contributed by atoms with Crippen LogP contribution in [0.15, 0.2) is 24.0 Å². The van der Waals surface area contributed by atoms with Crippen LogP contribution >= 0.6 is 11.3 Å². The number of hydrogen-bond donors (Lipinski definition) is 1. The normalized spacial score (nSPS) is 8.91. The van der Waals surface area contributed by atoms with Crippen LogP contribution < -0.4 is 5.73 Å². The molecule has 0 aliphatic rings. The maximum absolute atomic E-state index is 4.50. The summed E-state index contributed by atoms with van der Waals surface area (Å²) in [4.78, 5) is 8.05. The fourth-order valence-electron chi connectivity index (χ4n) is 0.710. The van der Waals surface area contributed by atoms with E-state index in [4.69, 9.17) is 0 Å². The lowest BCUT2D eigenvalue weighted by Gasteiger charge is -1.80. The van der Waals surface area contributed by atoms with Gasteiger partial charge in [-0.15, -0.1) is 11.3 Å². The van der Waals surface area contributed by atoms with E-state index >= 15 is 0 Å². The van der Waals surface area contributed by atoms with Crippen LogP contribution in [0.2, 0.25) is 0 Å². The van der Waals surface area contributed by atoms with Gasteiger partial charge in [0, 0.05) is 12.4 Å². The van der Waals surface area contributed by atoms with E-state index in [1.807, 2.05) is 17.8 Å². The van der Waals surface area contributed by atoms with Gasteiger partial charge in [0.15, 0.2) is 0 Å². The maximum atomic E-state index is 4.50. The highest BCUT2D eigenvalue weighted by atomic mass is 32.1. The lowest BCUT2D eigenvalue weighted by molar-refractivity contribution is 1.36. The first-order chi connectivity index (χ1) is 5.47. The highest BCUT2D eigenvalue weighted by Gasteiger charge is 1.90. The van der Waals surface area contributed by atoms with Gasteiger partial charge in [-0.25, -0.2) is 4.98 Å². The molecule has 4 heteroatoms. The van der Waals surface area contributed by atoms with Crippen LogP contribution in [0, 0.1) is 0 Å². The molecule has 0 bridgehead atoms. The molecule has 2 N–H and O–H groups in total. The van der Waals surface area contributed by atoms with Crippen molar-refractivity contribution in [2.45, 2.75) is 0 Å². The molecule has 0 aliphatic heterocycles. The Balaban J connectivity index is 0.000000281. The lowest BCUT2D eigenvalue weighted by atomic mass is 10.5. The van der Waals surface area contributed by atoms with Crippen molar-refractivity contribution in [3.63, 3.8) is 0 Å². The predicted molar refractivity (Wildman–Crippen MR) is 47.5 cm³/mol. The van der Waals surface area contributed by atoms with Crippen LogP contribution in [-0.4, -0.2) is 17.0 Å². The van der Waals surface area contributed by atoms with Crippen LogP contribution in [0.3, 0.4) is 0 Å². The molecule has 0 saturated carbocycles. The molecule has 0 fully saturated rings. The Morgan fingerprint density at radius 1 is 1.45 bits per heavy atom. The third kappa shape index (κ3) is 1.72. The molecule has 2 aromatic rings. The second-order valence-electron chi connectivity index (χ2n) is 1.70. The molecule has 0 radical (unpaired) electrons. The van der Waals surface area contributed by atoms with E-state index in [0.717, 1.165) is 10.2 Å². The number of nitrogens with zero attached hydrogens (tertiary/aromatic N) is 2. The molecule has 0 aliphatic carbocycles. The standard InChI is InChI=1S/C6H4N2S.CH5N/c1-2-7-3-6-5(1)8-4-9-6;1-2/h1-4H;2H2,1H3. The number of aromatic nitrogens is 2. The van der Waals surface area contributed by atoms with Crippen molar-refractivity contribution in [2.75, 3.05) is 7.05 Å². The molecule has 2 rings (SSSR count). The Morgan fingerprint density at radius 2 is 2.27 bits per heavy atom. The second-order valence-corrected chi connectivity index (χ2v) is 2.58. The summed E-state index contributed by atoms with van der Waals surface area (Å²) in [5, 5.41) is 0. The molecule has 11 heavy (non-hydrogen) atoms. The van der Waals surface area contributed by atoms with E-state index in [9.17, 15) is 0 Å². The third-order valence-electron chi connectivity index (χ3n) is 1.13. The summed E-state index contributed by atoms with van der Waals surface area (Å²) >= 11 is 1.61. The lowest BCUT2D eigenvalue weighted by Crippen LogP contribution is -1.69. The van der Waals surface area contributed by atoms with Gasteiger partial charge in [0.2, 0.25) is 0 Å². The summed E-state index contributed by atoms with van der Waals surface area (Å²) in [5.41, 5.74) is 7.36. The quantitative estimate of drug-likeness (QED) is 0.642. The molecule has 0 unspecified atom stereocenters. The summed E-state index contributed by atoms with van der Waals surface area (Å²) in [5.74, 6) is 0. The smallest absolute Gasteiger partial charge is 0.0843 e. The minimum absolute atomic E-state index is 1.04. The fourth-order valence-corrected chi connectivity index (χ4v) is 1.35. The molecular formula is C7H9N3S. The molecule has 0 spiro atoms. The van der Waals surface area contributed by atoms with Crippen molar-refractivity contribution >= 4 is 21.6 Å². The molecule has 0 aromatic carbocycles. The van der Waals surface area contributed by atoms with Gasteiger partial charge in [-0.05, 0) is 13.1 Å². The highest BCUT2D eigenvalue weighted by Crippen LogP contribution is 2.13. The molecule has 0 atom stereocenters. The van der Waals surface area contributed by atoms with E-state index in [1.54, 1.807) is 17.5 Å². The van der Waals surface area contributed by atoms with Gasteiger partial charge in [-0.3, -0.25) is 4.98 Å². The topological polar surface area (TPSA) is 51.8 Å². The molecule has 2 aromatic heterocycles. The Labute approximate surface area is 68.9 Å². The van der Waals surface area contributed by atoms with Gasteiger partial charge in [-0.2, -0.15) is 0 Å². The van der Waals surface area contributed by atoms with Crippen molar-refractivity contribution in [1.29, 1.82) is 0 Å². The zero-order chi connectivity index (χ0) is 8.10. The third-order valence-corrected chi connectivity index (χ3v) is 1.91. The van der Waals surface area contributed by atoms with E-state index in [0.29, 0.717) is 0 Å². The minimum Gasteiger partial charge on any atom is -0.333 e. The Bertz CT molecular complexity index is 288. The first-order valence-corrected chi connectivity index (χ1v) is 4.06. The monoisotopic (exact) mass is 167 g/mol. The molecule has 3 nitrogen and oxygen atoms in total. The van der Waals surface area contributed by atoms with Gasteiger partial charge >= 0.3 is 0 Å². The summed E-state index contributed by atoms with van der Waals surface area (Å²) in [6.45, 7) is 0. The van der Waals surface area contributed by atoms with Gasteiger partial charge in [-0.1, -0.05) is 0 Å². The number of fused-ring (bicyclic) bond motifs is 1. The zero-order valence-electron chi connectivity index (χ0n) is 6.19. The van der Waals surface area contributed by atoms with Crippen LogP contribution in [0.4, 0.5) is 0 Å². The van der Waals surface area contributed by atoms with Crippen molar-refractivity contribution in [3.05, 3.63) is 24.0 Å². The number of thiazole rings is 1. The van der Waals surface area contributed by atoms with Gasteiger partial charge in [0.05, 0.1) is 15.7 Å². The van der Waals surface area contributed by atoms with Crippen LogP contribution in [0.5, 0.6) is 0 Å². The number of pyridine rings is 1. The first-order valence-electron chi connectivity index (χ1n) is 3.18. The average Bonchev–Trinajstić information content (AvgIpc) is 2.55. The van der Waals surface area contributed by atoms with Crippen molar-refractivity contribution < 1.29 is 0 Å². The molecule has 0 saturated heterocycles. The predicted octanol–water partition coefficient (Wildman–Crippen LogP) is 1.27. The SMILES string of the molecule is CN.c1cc2ncsc2cn1. The van der Waals surface area contributed by atoms with Gasteiger partial charge in [0.25, 0.3) is 0 Å². The van der Waals surface area contributed by atoms with Crippen molar-refractivity contribution in [3.8, 4) is 0 Å². The summed E-state index contributed by atoms with van der Waals surface area (Å²) in [7, 11) is 1.50. The highest BCUT2D eigenvalue weighted by molar-refractivity contribution is 7.16. The number of hydrogen-bond acceptors (Lipinski definition) is 4. The first kappa shape index (κ1) is 8.10.